The Morgan fingerprint density at radius 1 is 1.56 bits per heavy atom. The monoisotopic (exact) mass is 269 g/mol. The highest BCUT2D eigenvalue weighted by Gasteiger charge is 2.23. The summed E-state index contributed by atoms with van der Waals surface area (Å²) in [4.78, 5) is 17.0. The van der Waals surface area contributed by atoms with Crippen LogP contribution in [0.5, 0.6) is 0 Å². The van der Waals surface area contributed by atoms with Gasteiger partial charge in [0, 0.05) is 19.3 Å². The van der Waals surface area contributed by atoms with Gasteiger partial charge in [-0.3, -0.25) is 4.79 Å². The van der Waals surface area contributed by atoms with Crippen LogP contribution in [-0.4, -0.2) is 42.0 Å². The lowest BCUT2D eigenvalue weighted by Crippen LogP contribution is -2.40. The van der Waals surface area contributed by atoms with Crippen molar-refractivity contribution in [2.45, 2.75) is 19.8 Å². The fraction of sp³-hybridized carbons (Fsp3) is 0.615. The van der Waals surface area contributed by atoms with Crippen LogP contribution in [0, 0.1) is 5.92 Å². The van der Waals surface area contributed by atoms with Gasteiger partial charge in [0.15, 0.2) is 0 Å². The average molecular weight is 270 g/mol. The van der Waals surface area contributed by atoms with Gasteiger partial charge in [0.05, 0.1) is 5.02 Å². The Labute approximate surface area is 113 Å². The molecule has 0 atom stereocenters. The molecule has 2 rings (SSSR count). The van der Waals surface area contributed by atoms with Crippen LogP contribution in [0.2, 0.25) is 5.02 Å². The molecule has 2 heterocycles. The van der Waals surface area contributed by atoms with Gasteiger partial charge in [-0.1, -0.05) is 18.5 Å². The summed E-state index contributed by atoms with van der Waals surface area (Å²) in [6.07, 6.45) is 3.80. The predicted octanol–water partition coefficient (Wildman–Crippen LogP) is 2.13. The van der Waals surface area contributed by atoms with E-state index in [2.05, 4.69) is 17.2 Å². The van der Waals surface area contributed by atoms with Gasteiger partial charge in [-0.25, -0.2) is 0 Å². The van der Waals surface area contributed by atoms with E-state index >= 15 is 0 Å². The van der Waals surface area contributed by atoms with Crippen molar-refractivity contribution in [3.8, 4) is 0 Å². The molecule has 0 spiro atoms. The molecule has 0 radical (unpaired) electrons. The standard InChI is InChI=1S/C13H20ClN3O/c1-2-15-8-10-3-5-17(6-4-10)13(18)12-7-11(14)9-16-12/h7,9-10,15-16H,2-6,8H2,1H3. The predicted molar refractivity (Wildman–Crippen MR) is 73.0 cm³/mol. The van der Waals surface area contributed by atoms with Gasteiger partial charge < -0.3 is 15.2 Å². The van der Waals surface area contributed by atoms with Crippen molar-refractivity contribution in [1.29, 1.82) is 0 Å². The van der Waals surface area contributed by atoms with Crippen molar-refractivity contribution in [2.75, 3.05) is 26.2 Å². The molecule has 0 unspecified atom stereocenters. The van der Waals surface area contributed by atoms with Crippen molar-refractivity contribution >= 4 is 17.5 Å². The minimum absolute atomic E-state index is 0.0591. The third-order valence-electron chi connectivity index (χ3n) is 3.46. The largest absolute Gasteiger partial charge is 0.356 e. The molecule has 18 heavy (non-hydrogen) atoms. The maximum atomic E-state index is 12.2. The molecule has 1 aliphatic heterocycles. The van der Waals surface area contributed by atoms with Crippen molar-refractivity contribution in [3.63, 3.8) is 0 Å². The Hall–Kier alpha value is -1.00. The summed E-state index contributed by atoms with van der Waals surface area (Å²) >= 11 is 5.81. The van der Waals surface area contributed by atoms with Gasteiger partial charge in [-0.2, -0.15) is 0 Å². The first kappa shape index (κ1) is 13.4. The second-order valence-corrected chi connectivity index (χ2v) is 5.21. The summed E-state index contributed by atoms with van der Waals surface area (Å²) in [6, 6.07) is 1.69. The van der Waals surface area contributed by atoms with E-state index in [0.29, 0.717) is 16.6 Å². The SMILES string of the molecule is CCNCC1CCN(C(=O)c2cc(Cl)c[nH]2)CC1. The lowest BCUT2D eigenvalue weighted by molar-refractivity contribution is 0.0685. The molecule has 5 heteroatoms. The third kappa shape index (κ3) is 3.27. The summed E-state index contributed by atoms with van der Waals surface area (Å²) < 4.78 is 0. The van der Waals surface area contributed by atoms with E-state index in [1.54, 1.807) is 12.3 Å². The van der Waals surface area contributed by atoms with Crippen LogP contribution in [0.15, 0.2) is 12.3 Å². The summed E-state index contributed by atoms with van der Waals surface area (Å²) in [5.74, 6) is 0.755. The molecule has 0 aromatic carbocycles. The topological polar surface area (TPSA) is 48.1 Å². The molecule has 1 aliphatic rings. The highest BCUT2D eigenvalue weighted by molar-refractivity contribution is 6.30. The number of halogens is 1. The molecule has 1 saturated heterocycles. The fourth-order valence-corrected chi connectivity index (χ4v) is 2.51. The Morgan fingerprint density at radius 3 is 2.83 bits per heavy atom. The van der Waals surface area contributed by atoms with Crippen molar-refractivity contribution in [1.82, 2.24) is 15.2 Å². The fourth-order valence-electron chi connectivity index (χ4n) is 2.35. The number of carbonyl (C=O) groups excluding carboxylic acids is 1. The number of hydrogen-bond donors (Lipinski definition) is 2. The Morgan fingerprint density at radius 2 is 2.28 bits per heavy atom. The molecule has 0 saturated carbocycles. The number of hydrogen-bond acceptors (Lipinski definition) is 2. The molecule has 1 aromatic heterocycles. The van der Waals surface area contributed by atoms with Crippen molar-refractivity contribution < 1.29 is 4.79 Å². The number of likely N-dealkylation sites (tertiary alicyclic amines) is 1. The van der Waals surface area contributed by atoms with E-state index in [9.17, 15) is 4.79 Å². The molecule has 1 amide bonds. The number of aromatic nitrogens is 1. The van der Waals surface area contributed by atoms with Gasteiger partial charge in [-0.05, 0) is 37.9 Å². The van der Waals surface area contributed by atoms with Crippen LogP contribution in [0.3, 0.4) is 0 Å². The lowest BCUT2D eigenvalue weighted by Gasteiger charge is -2.31. The number of carbonyl (C=O) groups is 1. The van der Waals surface area contributed by atoms with E-state index in [0.717, 1.165) is 39.0 Å². The number of piperidine rings is 1. The van der Waals surface area contributed by atoms with Crippen molar-refractivity contribution in [2.24, 2.45) is 5.92 Å². The first-order valence-electron chi connectivity index (χ1n) is 6.54. The van der Waals surface area contributed by atoms with Gasteiger partial charge in [-0.15, -0.1) is 0 Å². The zero-order valence-electron chi connectivity index (χ0n) is 10.7. The maximum Gasteiger partial charge on any atom is 0.270 e. The molecule has 0 aliphatic carbocycles. The van der Waals surface area contributed by atoms with Crippen LogP contribution in [-0.2, 0) is 0 Å². The Kier molecular flexibility index (Phi) is 4.66. The Bertz CT molecular complexity index is 397. The van der Waals surface area contributed by atoms with Gasteiger partial charge in [0.2, 0.25) is 0 Å². The number of amides is 1. The van der Waals surface area contributed by atoms with Crippen LogP contribution in [0.25, 0.3) is 0 Å². The summed E-state index contributed by atoms with van der Waals surface area (Å²) in [5.41, 5.74) is 0.588. The molecular weight excluding hydrogens is 250 g/mol. The quantitative estimate of drug-likeness (QED) is 0.880. The lowest BCUT2D eigenvalue weighted by atomic mass is 9.96. The second kappa shape index (κ2) is 6.25. The van der Waals surface area contributed by atoms with Crippen LogP contribution >= 0.6 is 11.6 Å². The molecule has 1 fully saturated rings. The number of nitrogens with one attached hydrogen (secondary N) is 2. The highest BCUT2D eigenvalue weighted by Crippen LogP contribution is 2.19. The van der Waals surface area contributed by atoms with Crippen molar-refractivity contribution in [3.05, 3.63) is 23.0 Å². The molecule has 100 valence electrons. The van der Waals surface area contributed by atoms with Gasteiger partial charge in [0.1, 0.15) is 5.69 Å². The zero-order valence-corrected chi connectivity index (χ0v) is 11.5. The molecule has 0 bridgehead atoms. The van der Waals surface area contributed by atoms with E-state index in [1.165, 1.54) is 0 Å². The molecule has 2 N–H and O–H groups in total. The molecule has 4 nitrogen and oxygen atoms in total. The first-order valence-corrected chi connectivity index (χ1v) is 6.92. The minimum atomic E-state index is 0.0591. The van der Waals surface area contributed by atoms with Crippen LogP contribution in [0.1, 0.15) is 30.3 Å². The van der Waals surface area contributed by atoms with E-state index in [1.807, 2.05) is 4.90 Å². The van der Waals surface area contributed by atoms with E-state index in [4.69, 9.17) is 11.6 Å². The van der Waals surface area contributed by atoms with E-state index < -0.39 is 0 Å². The number of H-pyrrole nitrogens is 1. The first-order chi connectivity index (χ1) is 8.70. The smallest absolute Gasteiger partial charge is 0.270 e. The van der Waals surface area contributed by atoms with Gasteiger partial charge in [0.25, 0.3) is 5.91 Å². The second-order valence-electron chi connectivity index (χ2n) is 4.77. The summed E-state index contributed by atoms with van der Waals surface area (Å²) in [7, 11) is 0. The van der Waals surface area contributed by atoms with Gasteiger partial charge >= 0.3 is 0 Å². The van der Waals surface area contributed by atoms with E-state index in [-0.39, 0.29) is 5.91 Å². The maximum absolute atomic E-state index is 12.2. The molecule has 1 aromatic rings. The van der Waals surface area contributed by atoms with Crippen LogP contribution < -0.4 is 5.32 Å². The molecular formula is C13H20ClN3O. The normalized spacial score (nSPS) is 17.1. The number of aromatic amines is 1. The summed E-state index contributed by atoms with van der Waals surface area (Å²) in [5, 5.41) is 3.95. The number of rotatable bonds is 4. The van der Waals surface area contributed by atoms with Crippen LogP contribution in [0.4, 0.5) is 0 Å². The average Bonchev–Trinajstić information content (AvgIpc) is 2.83. The highest BCUT2D eigenvalue weighted by atomic mass is 35.5. The Balaban J connectivity index is 1.84. The number of nitrogens with zero attached hydrogens (tertiary/aromatic N) is 1. The third-order valence-corrected chi connectivity index (χ3v) is 3.68. The summed E-state index contributed by atoms with van der Waals surface area (Å²) in [6.45, 7) is 5.87. The zero-order chi connectivity index (χ0) is 13.0. The minimum Gasteiger partial charge on any atom is -0.356 e.